The first-order valence-corrected chi connectivity index (χ1v) is 6.61. The third kappa shape index (κ3) is 3.23. The van der Waals surface area contributed by atoms with Crippen molar-refractivity contribution in [3.8, 4) is 18.1 Å². The molecule has 5 nitrogen and oxygen atoms in total. The van der Waals surface area contributed by atoms with Gasteiger partial charge in [-0.05, 0) is 25.2 Å². The zero-order valence-corrected chi connectivity index (χ0v) is 12.1. The highest BCUT2D eigenvalue weighted by Gasteiger charge is 2.26. The molecule has 1 amide bonds. The van der Waals surface area contributed by atoms with Gasteiger partial charge in [0.1, 0.15) is 5.75 Å². The van der Waals surface area contributed by atoms with Crippen molar-refractivity contribution in [3.63, 3.8) is 0 Å². The van der Waals surface area contributed by atoms with Crippen LogP contribution in [0.1, 0.15) is 6.92 Å². The van der Waals surface area contributed by atoms with Gasteiger partial charge in [0, 0.05) is 6.07 Å². The Bertz CT molecular complexity index is 627. The molecule has 7 heteroatoms. The summed E-state index contributed by atoms with van der Waals surface area (Å²) in [4.78, 5) is 13.2. The molecule has 21 heavy (non-hydrogen) atoms. The summed E-state index contributed by atoms with van der Waals surface area (Å²) in [7, 11) is 0. The molecule has 0 unspecified atom stereocenters. The Morgan fingerprint density at radius 3 is 3.10 bits per heavy atom. The monoisotopic (exact) mass is 308 g/mol. The van der Waals surface area contributed by atoms with E-state index in [0.717, 1.165) is 0 Å². The molecule has 1 aliphatic heterocycles. The Labute approximate surface area is 127 Å². The van der Waals surface area contributed by atoms with Crippen LogP contribution in [0.5, 0.6) is 5.75 Å². The van der Waals surface area contributed by atoms with Gasteiger partial charge in [-0.25, -0.2) is 4.39 Å². The zero-order valence-electron chi connectivity index (χ0n) is 11.3. The second kappa shape index (κ2) is 6.41. The number of carbonyl (C=O) groups is 1. The molecule has 2 rings (SSSR count). The largest absolute Gasteiger partial charge is 0.481 e. The van der Waals surface area contributed by atoms with E-state index in [0.29, 0.717) is 12.3 Å². The summed E-state index contributed by atoms with van der Waals surface area (Å²) in [5, 5.41) is 2.67. The summed E-state index contributed by atoms with van der Waals surface area (Å²) < 4.78 is 24.2. The van der Waals surface area contributed by atoms with Crippen LogP contribution in [-0.2, 0) is 9.53 Å². The van der Waals surface area contributed by atoms with Crippen molar-refractivity contribution in [1.82, 2.24) is 0 Å². The lowest BCUT2D eigenvalue weighted by Crippen LogP contribution is -2.39. The van der Waals surface area contributed by atoms with E-state index < -0.39 is 5.82 Å². The zero-order chi connectivity index (χ0) is 15.4. The number of fused-ring (bicyclic) bond motifs is 1. The van der Waals surface area contributed by atoms with Gasteiger partial charge in [0.05, 0.1) is 24.5 Å². The molecule has 0 bridgehead atoms. The first kappa shape index (κ1) is 15.1. The highest BCUT2D eigenvalue weighted by Crippen LogP contribution is 2.36. The number of nitrogens with one attached hydrogen (secondary N) is 1. The minimum atomic E-state index is -0.564. The number of hydrogen-bond acceptors (Lipinski definition) is 4. The van der Waals surface area contributed by atoms with Gasteiger partial charge in [0.2, 0.25) is 0 Å². The van der Waals surface area contributed by atoms with Crippen molar-refractivity contribution in [2.24, 2.45) is 0 Å². The van der Waals surface area contributed by atoms with Crippen LogP contribution in [0, 0.1) is 18.2 Å². The predicted molar refractivity (Wildman–Crippen MR) is 80.9 cm³/mol. The van der Waals surface area contributed by atoms with E-state index >= 15 is 0 Å². The fraction of sp³-hybridized carbons (Fsp3) is 0.286. The number of rotatable bonds is 3. The van der Waals surface area contributed by atoms with Gasteiger partial charge in [-0.1, -0.05) is 5.92 Å². The SMILES string of the molecule is C#CCN1C(=O)COc2cc(F)c(NC(=S)OCC)cc21. The van der Waals surface area contributed by atoms with Gasteiger partial charge in [-0.2, -0.15) is 0 Å². The Kier molecular flexibility index (Phi) is 4.60. The van der Waals surface area contributed by atoms with Gasteiger partial charge < -0.3 is 14.8 Å². The Hall–Kier alpha value is -2.33. The number of hydrogen-bond donors (Lipinski definition) is 1. The van der Waals surface area contributed by atoms with Crippen LogP contribution in [0.4, 0.5) is 15.8 Å². The fourth-order valence-electron chi connectivity index (χ4n) is 1.86. The molecule has 0 radical (unpaired) electrons. The van der Waals surface area contributed by atoms with E-state index in [4.69, 9.17) is 28.1 Å². The molecule has 1 aromatic carbocycles. The van der Waals surface area contributed by atoms with Crippen molar-refractivity contribution < 1.29 is 18.7 Å². The molecule has 0 saturated carbocycles. The maximum absolute atomic E-state index is 14.0. The van der Waals surface area contributed by atoms with E-state index in [1.807, 2.05) is 0 Å². The summed E-state index contributed by atoms with van der Waals surface area (Å²) in [5.41, 5.74) is 0.486. The molecule has 0 aromatic heterocycles. The number of ether oxygens (including phenoxy) is 2. The second-order valence-corrected chi connectivity index (χ2v) is 4.49. The van der Waals surface area contributed by atoms with Crippen LogP contribution in [0.3, 0.4) is 0 Å². The lowest BCUT2D eigenvalue weighted by atomic mass is 10.2. The van der Waals surface area contributed by atoms with Crippen molar-refractivity contribution in [1.29, 1.82) is 0 Å². The molecule has 1 N–H and O–H groups in total. The van der Waals surface area contributed by atoms with Crippen LogP contribution in [0.2, 0.25) is 0 Å². The molecule has 0 spiro atoms. The minimum Gasteiger partial charge on any atom is -0.481 e. The number of nitrogens with zero attached hydrogens (tertiary/aromatic N) is 1. The fourth-order valence-corrected chi connectivity index (χ4v) is 2.09. The highest BCUT2D eigenvalue weighted by molar-refractivity contribution is 7.80. The summed E-state index contributed by atoms with van der Waals surface area (Å²) in [6, 6.07) is 2.60. The minimum absolute atomic E-state index is 0.0444. The van der Waals surface area contributed by atoms with Crippen LogP contribution in [-0.4, -0.2) is 30.8 Å². The second-order valence-electron chi connectivity index (χ2n) is 4.12. The maximum atomic E-state index is 14.0. The predicted octanol–water partition coefficient (Wildman–Crippen LogP) is 1.92. The van der Waals surface area contributed by atoms with E-state index in [9.17, 15) is 9.18 Å². The normalized spacial score (nSPS) is 13.0. The first-order chi connectivity index (χ1) is 10.1. The molecular weight excluding hydrogens is 295 g/mol. The Balaban J connectivity index is 2.36. The number of benzene rings is 1. The van der Waals surface area contributed by atoms with E-state index in [1.54, 1.807) is 6.92 Å². The summed E-state index contributed by atoms with van der Waals surface area (Å²) in [6.45, 7) is 2.04. The molecule has 1 aromatic rings. The van der Waals surface area contributed by atoms with Crippen LogP contribution < -0.4 is 15.0 Å². The van der Waals surface area contributed by atoms with E-state index in [2.05, 4.69) is 11.2 Å². The quantitative estimate of drug-likeness (QED) is 0.683. The summed E-state index contributed by atoms with van der Waals surface area (Å²) >= 11 is 4.91. The first-order valence-electron chi connectivity index (χ1n) is 6.20. The molecule has 0 fully saturated rings. The number of terminal acetylenes is 1. The van der Waals surface area contributed by atoms with Crippen molar-refractivity contribution in [2.45, 2.75) is 6.92 Å². The van der Waals surface area contributed by atoms with Gasteiger partial charge in [0.15, 0.2) is 12.4 Å². The van der Waals surface area contributed by atoms with Gasteiger partial charge >= 0.3 is 0 Å². The van der Waals surface area contributed by atoms with E-state index in [1.165, 1.54) is 17.0 Å². The summed E-state index contributed by atoms with van der Waals surface area (Å²) in [6.07, 6.45) is 5.25. The lowest BCUT2D eigenvalue weighted by Gasteiger charge is -2.28. The van der Waals surface area contributed by atoms with Crippen LogP contribution in [0.15, 0.2) is 12.1 Å². The summed E-state index contributed by atoms with van der Waals surface area (Å²) in [5.74, 6) is 1.80. The molecule has 0 atom stereocenters. The Morgan fingerprint density at radius 2 is 2.43 bits per heavy atom. The number of amides is 1. The molecule has 110 valence electrons. The standard InChI is InChI=1S/C14H13FN2O3S/c1-3-5-17-11-7-10(16-14(21)19-4-2)9(15)6-12(11)20-8-13(17)18/h1,6-7H,4-5,8H2,2H3,(H,16,21). The van der Waals surface area contributed by atoms with Gasteiger partial charge in [-0.15, -0.1) is 6.42 Å². The lowest BCUT2D eigenvalue weighted by molar-refractivity contribution is -0.121. The van der Waals surface area contributed by atoms with Crippen molar-refractivity contribution in [2.75, 3.05) is 30.0 Å². The number of thiocarbonyl (C=S) groups is 1. The maximum Gasteiger partial charge on any atom is 0.265 e. The topological polar surface area (TPSA) is 50.8 Å². The average molecular weight is 308 g/mol. The average Bonchev–Trinajstić information content (AvgIpc) is 2.44. The number of anilines is 2. The number of halogens is 1. The van der Waals surface area contributed by atoms with Crippen LogP contribution >= 0.6 is 12.2 Å². The molecule has 0 saturated heterocycles. The van der Waals surface area contributed by atoms with Crippen molar-refractivity contribution in [3.05, 3.63) is 17.9 Å². The molecule has 1 aliphatic rings. The Morgan fingerprint density at radius 1 is 1.67 bits per heavy atom. The molecule has 0 aliphatic carbocycles. The number of carbonyl (C=O) groups excluding carboxylic acids is 1. The third-order valence-electron chi connectivity index (χ3n) is 2.75. The van der Waals surface area contributed by atoms with Gasteiger partial charge in [-0.3, -0.25) is 9.69 Å². The van der Waals surface area contributed by atoms with E-state index in [-0.39, 0.29) is 35.7 Å². The molecule has 1 heterocycles. The van der Waals surface area contributed by atoms with Gasteiger partial charge in [0.25, 0.3) is 11.1 Å². The van der Waals surface area contributed by atoms with Crippen LogP contribution in [0.25, 0.3) is 0 Å². The van der Waals surface area contributed by atoms with Crippen molar-refractivity contribution >= 4 is 34.7 Å². The highest BCUT2D eigenvalue weighted by atomic mass is 32.1. The third-order valence-corrected chi connectivity index (χ3v) is 2.97. The smallest absolute Gasteiger partial charge is 0.265 e. The molecular formula is C14H13FN2O3S.